The van der Waals surface area contributed by atoms with Crippen LogP contribution in [0.5, 0.6) is 5.75 Å². The number of hydrogen-bond donors (Lipinski definition) is 2. The minimum atomic E-state index is -0.901. The molecule has 0 saturated carbocycles. The average Bonchev–Trinajstić information content (AvgIpc) is 2.80. The summed E-state index contributed by atoms with van der Waals surface area (Å²) in [7, 11) is 1.55. The maximum Gasteiger partial charge on any atom is 0.303 e. The van der Waals surface area contributed by atoms with Gasteiger partial charge in [0.05, 0.1) is 7.11 Å². The molecule has 0 radical (unpaired) electrons. The van der Waals surface area contributed by atoms with E-state index < -0.39 is 5.97 Å². The first kappa shape index (κ1) is 22.6. The maximum atomic E-state index is 13.1. The van der Waals surface area contributed by atoms with E-state index in [0.717, 1.165) is 12.1 Å². The van der Waals surface area contributed by atoms with Crippen molar-refractivity contribution in [1.82, 2.24) is 9.47 Å². The SMILES string of the molecule is COc1ccc(C(=O)Nc2ccc3n(c2=O)C[C@@H]2C[C@@H]3CN(C(=O)CCCC(=O)O)C2)cc1. The highest BCUT2D eigenvalue weighted by Crippen LogP contribution is 2.35. The third-order valence-electron chi connectivity index (χ3n) is 6.34. The Bertz CT molecular complexity index is 1120. The summed E-state index contributed by atoms with van der Waals surface area (Å²) in [5.74, 6) is -0.484. The Balaban J connectivity index is 1.47. The van der Waals surface area contributed by atoms with Crippen molar-refractivity contribution in [2.24, 2.45) is 5.92 Å². The van der Waals surface area contributed by atoms with E-state index in [9.17, 15) is 19.2 Å². The molecule has 0 aliphatic carbocycles. The number of carbonyl (C=O) groups excluding carboxylic acids is 2. The van der Waals surface area contributed by atoms with Gasteiger partial charge in [0, 0.05) is 49.7 Å². The monoisotopic (exact) mass is 453 g/mol. The zero-order chi connectivity index (χ0) is 23.5. The minimum Gasteiger partial charge on any atom is -0.497 e. The van der Waals surface area contributed by atoms with E-state index in [-0.39, 0.29) is 47.7 Å². The number of rotatable bonds is 7. The lowest BCUT2D eigenvalue weighted by Crippen LogP contribution is -2.49. The molecule has 2 bridgehead atoms. The second kappa shape index (κ2) is 9.48. The number of benzene rings is 1. The van der Waals surface area contributed by atoms with Crippen molar-refractivity contribution in [1.29, 1.82) is 0 Å². The molecule has 1 aromatic carbocycles. The first-order valence-electron chi connectivity index (χ1n) is 11.0. The van der Waals surface area contributed by atoms with Crippen LogP contribution in [0.15, 0.2) is 41.2 Å². The fourth-order valence-electron chi connectivity index (χ4n) is 4.73. The predicted molar refractivity (Wildman–Crippen MR) is 121 cm³/mol. The summed E-state index contributed by atoms with van der Waals surface area (Å²) in [5.41, 5.74) is 1.26. The number of likely N-dealkylation sites (tertiary alicyclic amines) is 1. The summed E-state index contributed by atoms with van der Waals surface area (Å²) in [6.45, 7) is 1.55. The number of aliphatic carboxylic acids is 1. The number of nitrogens with one attached hydrogen (secondary N) is 1. The molecule has 1 saturated heterocycles. The molecular weight excluding hydrogens is 426 g/mol. The summed E-state index contributed by atoms with van der Waals surface area (Å²) >= 11 is 0. The molecule has 174 valence electrons. The van der Waals surface area contributed by atoms with Gasteiger partial charge in [0.15, 0.2) is 0 Å². The van der Waals surface area contributed by atoms with Crippen molar-refractivity contribution in [3.8, 4) is 5.75 Å². The van der Waals surface area contributed by atoms with Crippen LogP contribution >= 0.6 is 0 Å². The first-order chi connectivity index (χ1) is 15.9. The molecule has 3 heterocycles. The second-order valence-corrected chi connectivity index (χ2v) is 8.61. The van der Waals surface area contributed by atoms with Crippen molar-refractivity contribution in [3.63, 3.8) is 0 Å². The molecule has 9 nitrogen and oxygen atoms in total. The van der Waals surface area contributed by atoms with E-state index in [2.05, 4.69) is 5.32 Å². The molecule has 1 fully saturated rings. The van der Waals surface area contributed by atoms with Crippen molar-refractivity contribution in [2.75, 3.05) is 25.5 Å². The normalized spacial score (nSPS) is 18.9. The highest BCUT2D eigenvalue weighted by atomic mass is 16.5. The van der Waals surface area contributed by atoms with Gasteiger partial charge in [-0.25, -0.2) is 0 Å². The van der Waals surface area contributed by atoms with Gasteiger partial charge in [0.25, 0.3) is 11.5 Å². The van der Waals surface area contributed by atoms with Crippen LogP contribution in [0.1, 0.15) is 47.7 Å². The van der Waals surface area contributed by atoms with E-state index in [1.807, 2.05) is 6.07 Å². The molecule has 2 aromatic rings. The van der Waals surface area contributed by atoms with Gasteiger partial charge in [0.2, 0.25) is 5.91 Å². The molecule has 0 spiro atoms. The number of fused-ring (bicyclic) bond motifs is 4. The molecule has 0 unspecified atom stereocenters. The number of anilines is 1. The van der Waals surface area contributed by atoms with Gasteiger partial charge in [-0.2, -0.15) is 0 Å². The summed E-state index contributed by atoms with van der Waals surface area (Å²) in [5, 5.41) is 11.5. The van der Waals surface area contributed by atoms with Gasteiger partial charge in [-0.05, 0) is 55.2 Å². The highest BCUT2D eigenvalue weighted by molar-refractivity contribution is 6.04. The van der Waals surface area contributed by atoms with Crippen LogP contribution in [0.4, 0.5) is 5.69 Å². The van der Waals surface area contributed by atoms with Crippen LogP contribution in [0.3, 0.4) is 0 Å². The number of amides is 2. The molecule has 33 heavy (non-hydrogen) atoms. The number of methoxy groups -OCH3 is 1. The lowest BCUT2D eigenvalue weighted by Gasteiger charge is -2.43. The Hall–Kier alpha value is -3.62. The minimum absolute atomic E-state index is 0.0182. The molecule has 2 aliphatic heterocycles. The molecule has 1 aromatic heterocycles. The van der Waals surface area contributed by atoms with Gasteiger partial charge >= 0.3 is 5.97 Å². The quantitative estimate of drug-likeness (QED) is 0.664. The lowest BCUT2D eigenvalue weighted by atomic mass is 9.83. The van der Waals surface area contributed by atoms with Crippen molar-refractivity contribution >= 4 is 23.5 Å². The number of nitrogens with zero attached hydrogens (tertiary/aromatic N) is 2. The number of hydrogen-bond acceptors (Lipinski definition) is 5. The van der Waals surface area contributed by atoms with Crippen LogP contribution in [0.25, 0.3) is 0 Å². The van der Waals surface area contributed by atoms with Crippen LogP contribution in [-0.2, 0) is 16.1 Å². The Morgan fingerprint density at radius 1 is 1.06 bits per heavy atom. The molecule has 9 heteroatoms. The fourth-order valence-corrected chi connectivity index (χ4v) is 4.73. The maximum absolute atomic E-state index is 13.1. The lowest BCUT2D eigenvalue weighted by molar-refractivity contribution is -0.137. The molecule has 4 rings (SSSR count). The van der Waals surface area contributed by atoms with Gasteiger partial charge in [0.1, 0.15) is 11.4 Å². The molecular formula is C24H27N3O6. The summed E-state index contributed by atoms with van der Waals surface area (Å²) < 4.78 is 6.82. The molecule has 2 atom stereocenters. The zero-order valence-electron chi connectivity index (χ0n) is 18.5. The van der Waals surface area contributed by atoms with E-state index in [0.29, 0.717) is 37.4 Å². The van der Waals surface area contributed by atoms with Crippen LogP contribution in [-0.4, -0.2) is 52.6 Å². The number of ether oxygens (including phenoxy) is 1. The Morgan fingerprint density at radius 2 is 1.82 bits per heavy atom. The molecule has 2 aliphatic rings. The number of pyridine rings is 1. The van der Waals surface area contributed by atoms with Crippen molar-refractivity contribution in [2.45, 2.75) is 38.1 Å². The second-order valence-electron chi connectivity index (χ2n) is 8.61. The van der Waals surface area contributed by atoms with Crippen molar-refractivity contribution in [3.05, 3.63) is 58.0 Å². The number of carbonyl (C=O) groups is 3. The van der Waals surface area contributed by atoms with E-state index in [1.165, 1.54) is 0 Å². The molecule has 2 amide bonds. The average molecular weight is 453 g/mol. The van der Waals surface area contributed by atoms with Gasteiger partial charge in [-0.15, -0.1) is 0 Å². The Morgan fingerprint density at radius 3 is 2.52 bits per heavy atom. The van der Waals surface area contributed by atoms with E-state index in [4.69, 9.17) is 9.84 Å². The van der Waals surface area contributed by atoms with Gasteiger partial charge < -0.3 is 24.6 Å². The number of aromatic nitrogens is 1. The summed E-state index contributed by atoms with van der Waals surface area (Å²) in [6.07, 6.45) is 1.42. The highest BCUT2D eigenvalue weighted by Gasteiger charge is 2.36. The third-order valence-corrected chi connectivity index (χ3v) is 6.34. The third kappa shape index (κ3) is 4.92. The van der Waals surface area contributed by atoms with E-state index in [1.54, 1.807) is 46.9 Å². The predicted octanol–water partition coefficient (Wildman–Crippen LogP) is 2.31. The largest absolute Gasteiger partial charge is 0.497 e. The first-order valence-corrected chi connectivity index (χ1v) is 11.0. The van der Waals surface area contributed by atoms with E-state index >= 15 is 0 Å². The topological polar surface area (TPSA) is 118 Å². The number of piperidine rings is 1. The Labute approximate surface area is 191 Å². The number of carboxylic acids is 1. The Kier molecular flexibility index (Phi) is 6.48. The summed E-state index contributed by atoms with van der Waals surface area (Å²) in [4.78, 5) is 50.8. The fraction of sp³-hybridized carbons (Fsp3) is 0.417. The smallest absolute Gasteiger partial charge is 0.303 e. The molecule has 2 N–H and O–H groups in total. The van der Waals surface area contributed by atoms with Crippen LogP contribution in [0.2, 0.25) is 0 Å². The van der Waals surface area contributed by atoms with Crippen molar-refractivity contribution < 1.29 is 24.2 Å². The van der Waals surface area contributed by atoms with Gasteiger partial charge in [-0.1, -0.05) is 0 Å². The summed E-state index contributed by atoms with van der Waals surface area (Å²) in [6, 6.07) is 10.1. The zero-order valence-corrected chi connectivity index (χ0v) is 18.5. The standard InChI is InChI=1S/C24H27N3O6/c1-33-18-7-5-16(6-8-18)23(31)25-19-9-10-20-17-11-15(13-27(20)24(19)32)12-26(14-17)21(28)3-2-4-22(29)30/h5-10,15,17H,2-4,11-14H2,1H3,(H,25,31)(H,29,30)/t15-,17-/m1/s1. The van der Waals surface area contributed by atoms with Crippen LogP contribution in [0, 0.1) is 5.92 Å². The van der Waals surface area contributed by atoms with Gasteiger partial charge in [-0.3, -0.25) is 19.2 Å². The number of carboxylic acid groups (broad SMARTS) is 1. The van der Waals surface area contributed by atoms with Crippen LogP contribution < -0.4 is 15.6 Å².